The molecule has 332 valence electrons. The third-order valence-corrected chi connectivity index (χ3v) is 13.1. The van der Waals surface area contributed by atoms with Crippen molar-refractivity contribution in [3.05, 3.63) is 129 Å². The maximum Gasteiger partial charge on any atom is 0.237 e. The molecule has 6 unspecified atom stereocenters. The molecule has 6 atom stereocenters. The van der Waals surface area contributed by atoms with Crippen molar-refractivity contribution in [2.75, 3.05) is 0 Å². The Bertz CT molecular complexity index is 2470. The first-order valence-corrected chi connectivity index (χ1v) is 21.5. The monoisotopic (exact) mass is 856 g/mol. The van der Waals surface area contributed by atoms with Gasteiger partial charge in [-0.25, -0.2) is 24.9 Å². The van der Waals surface area contributed by atoms with E-state index in [2.05, 4.69) is 63.0 Å². The minimum absolute atomic E-state index is 0.0763. The molecule has 0 N–H and O–H groups in total. The number of carbonyl (C=O) groups excluding carboxylic acids is 5. The molecule has 0 saturated heterocycles. The number of hydrogen-bond donors (Lipinski definition) is 0. The Hall–Kier alpha value is -6.38. The molecule has 63 heavy (non-hydrogen) atoms. The number of hydrogen-bond acceptors (Lipinski definition) is 10. The van der Waals surface area contributed by atoms with E-state index in [0.29, 0.717) is 25.7 Å². The van der Waals surface area contributed by atoms with Gasteiger partial charge in [0.15, 0.2) is 0 Å². The van der Waals surface area contributed by atoms with Crippen LogP contribution in [0.25, 0.3) is 0 Å². The standard InChI is InChI=1S/C48H60N10O5/c1-10-45(6,40(60)55-21-16-50-31-55)28-46(7,41(61)56-22-17-51-32-56)25-35(2)37-11-13-38(14-12-37)36(3)26-47(8,42(62)57-23-18-52-33-57)29-48(9,43(63)58-24-19-53-34-58)27-44(4,5)39(59)54-20-15-49-30-54/h11-24,30-36H,10,25-29H2,1-9H3. The summed E-state index contributed by atoms with van der Waals surface area (Å²) in [4.78, 5) is 91.8. The normalized spacial score (nSPS) is 16.8. The van der Waals surface area contributed by atoms with Crippen molar-refractivity contribution in [2.45, 2.75) is 113 Å². The minimum Gasteiger partial charge on any atom is -0.276 e. The molecule has 0 radical (unpaired) electrons. The van der Waals surface area contributed by atoms with Crippen LogP contribution in [0.15, 0.2) is 118 Å². The molecular formula is C48H60N10O5. The van der Waals surface area contributed by atoms with Gasteiger partial charge < -0.3 is 0 Å². The number of aromatic nitrogens is 10. The van der Waals surface area contributed by atoms with Crippen molar-refractivity contribution in [3.63, 3.8) is 0 Å². The van der Waals surface area contributed by atoms with Gasteiger partial charge in [-0.1, -0.05) is 86.6 Å². The van der Waals surface area contributed by atoms with Gasteiger partial charge in [0.25, 0.3) is 0 Å². The highest BCUT2D eigenvalue weighted by molar-refractivity contribution is 5.91. The van der Waals surface area contributed by atoms with Crippen molar-refractivity contribution in [2.24, 2.45) is 27.1 Å². The van der Waals surface area contributed by atoms with Crippen LogP contribution >= 0.6 is 0 Å². The molecule has 0 spiro atoms. The van der Waals surface area contributed by atoms with Crippen molar-refractivity contribution in [1.29, 1.82) is 0 Å². The molecule has 0 aliphatic heterocycles. The Morgan fingerprint density at radius 1 is 0.444 bits per heavy atom. The summed E-state index contributed by atoms with van der Waals surface area (Å²) in [5.74, 6) is -1.18. The quantitative estimate of drug-likeness (QED) is 0.0811. The molecule has 0 saturated carbocycles. The lowest BCUT2D eigenvalue weighted by Gasteiger charge is -2.42. The summed E-state index contributed by atoms with van der Waals surface area (Å²) in [6.07, 6.45) is 25.2. The zero-order valence-corrected chi connectivity index (χ0v) is 37.9. The first-order chi connectivity index (χ1) is 29.7. The minimum atomic E-state index is -1.21. The molecule has 0 amide bonds. The Labute approximate surface area is 369 Å². The fraction of sp³-hybridized carbons (Fsp3) is 0.458. The van der Waals surface area contributed by atoms with Crippen LogP contribution in [0, 0.1) is 27.1 Å². The lowest BCUT2D eigenvalue weighted by atomic mass is 9.62. The first kappa shape index (κ1) is 46.1. The molecule has 0 bridgehead atoms. The molecule has 15 nitrogen and oxygen atoms in total. The van der Waals surface area contributed by atoms with Crippen molar-refractivity contribution in [3.8, 4) is 0 Å². The maximum atomic E-state index is 14.7. The number of nitrogens with zero attached hydrogens (tertiary/aromatic N) is 10. The second kappa shape index (κ2) is 18.1. The summed E-state index contributed by atoms with van der Waals surface area (Å²) in [5, 5.41) is 0. The highest BCUT2D eigenvalue weighted by Gasteiger charge is 2.50. The summed E-state index contributed by atoms with van der Waals surface area (Å²) in [6, 6.07) is 8.27. The average Bonchev–Trinajstić information content (AvgIpc) is 4.12. The summed E-state index contributed by atoms with van der Waals surface area (Å²) >= 11 is 0. The van der Waals surface area contributed by atoms with Crippen LogP contribution in [0.4, 0.5) is 0 Å². The topological polar surface area (TPSA) is 174 Å². The zero-order chi connectivity index (χ0) is 45.8. The van der Waals surface area contributed by atoms with Gasteiger partial charge in [0.2, 0.25) is 29.5 Å². The summed E-state index contributed by atoms with van der Waals surface area (Å²) in [6.45, 7) is 17.3. The van der Waals surface area contributed by atoms with Gasteiger partial charge in [0, 0.05) is 89.0 Å². The molecule has 6 rings (SSSR count). The summed E-state index contributed by atoms with van der Waals surface area (Å²) < 4.78 is 7.32. The van der Waals surface area contributed by atoms with Gasteiger partial charge in [-0.05, 0) is 61.5 Å². The largest absolute Gasteiger partial charge is 0.276 e. The summed E-state index contributed by atoms with van der Waals surface area (Å²) in [7, 11) is 0. The maximum absolute atomic E-state index is 14.7. The van der Waals surface area contributed by atoms with Crippen LogP contribution in [0.1, 0.15) is 148 Å². The van der Waals surface area contributed by atoms with Gasteiger partial charge in [0.05, 0.1) is 0 Å². The van der Waals surface area contributed by atoms with E-state index in [-0.39, 0.29) is 54.2 Å². The van der Waals surface area contributed by atoms with Crippen LogP contribution in [0.2, 0.25) is 0 Å². The number of imidazole rings is 5. The van der Waals surface area contributed by atoms with Gasteiger partial charge in [-0.15, -0.1) is 0 Å². The Balaban J connectivity index is 1.28. The Kier molecular flexibility index (Phi) is 13.3. The molecule has 5 aromatic heterocycles. The zero-order valence-electron chi connectivity index (χ0n) is 37.9. The van der Waals surface area contributed by atoms with Gasteiger partial charge >= 0.3 is 0 Å². The predicted molar refractivity (Wildman–Crippen MR) is 237 cm³/mol. The Morgan fingerprint density at radius 3 is 1.03 bits per heavy atom. The number of rotatable bonds is 18. The van der Waals surface area contributed by atoms with E-state index in [0.717, 1.165) is 11.1 Å². The van der Waals surface area contributed by atoms with E-state index in [4.69, 9.17) is 0 Å². The molecule has 1 aromatic carbocycles. The van der Waals surface area contributed by atoms with Crippen LogP contribution in [-0.4, -0.2) is 77.3 Å². The van der Waals surface area contributed by atoms with E-state index in [1.54, 1.807) is 49.6 Å². The molecule has 6 aromatic rings. The molecule has 0 aliphatic carbocycles. The average molecular weight is 857 g/mol. The molecule has 5 heterocycles. The van der Waals surface area contributed by atoms with Crippen molar-refractivity contribution < 1.29 is 24.0 Å². The van der Waals surface area contributed by atoms with E-state index in [1.165, 1.54) is 66.9 Å². The lowest BCUT2D eigenvalue weighted by Crippen LogP contribution is -2.46. The van der Waals surface area contributed by atoms with Crippen LogP contribution in [0.3, 0.4) is 0 Å². The molecule has 15 heteroatoms. The highest BCUT2D eigenvalue weighted by Crippen LogP contribution is 2.49. The van der Waals surface area contributed by atoms with Crippen LogP contribution < -0.4 is 0 Å². The van der Waals surface area contributed by atoms with Gasteiger partial charge in [0.1, 0.15) is 31.6 Å². The van der Waals surface area contributed by atoms with E-state index in [9.17, 15) is 24.0 Å². The highest BCUT2D eigenvalue weighted by atomic mass is 16.2. The van der Waals surface area contributed by atoms with Crippen LogP contribution in [0.5, 0.6) is 0 Å². The fourth-order valence-electron chi connectivity index (χ4n) is 10.0. The molecule has 0 fully saturated rings. The second-order valence-electron chi connectivity index (χ2n) is 19.3. The second-order valence-corrected chi connectivity index (χ2v) is 19.3. The van der Waals surface area contributed by atoms with E-state index < -0.39 is 27.1 Å². The SMILES string of the molecule is CCC(C)(CC(C)(CC(C)c1ccc(C(C)CC(C)(CC(C)(CC(C)(C)C(=O)n2ccnc2)C(=O)n2ccnc2)C(=O)n2ccnc2)cc1)C(=O)n1ccnc1)C(=O)n1ccnc1. The number of carbonyl (C=O) groups is 5. The van der Waals surface area contributed by atoms with Crippen LogP contribution in [-0.2, 0) is 0 Å². The first-order valence-electron chi connectivity index (χ1n) is 21.5. The van der Waals surface area contributed by atoms with E-state index >= 15 is 0 Å². The van der Waals surface area contributed by atoms with Gasteiger partial charge in [-0.3, -0.25) is 46.8 Å². The third-order valence-electron chi connectivity index (χ3n) is 13.1. The van der Waals surface area contributed by atoms with Crippen molar-refractivity contribution in [1.82, 2.24) is 47.8 Å². The smallest absolute Gasteiger partial charge is 0.237 e. The molecule has 0 aliphatic rings. The molecular weight excluding hydrogens is 797 g/mol. The summed E-state index contributed by atoms with van der Waals surface area (Å²) in [5.41, 5.74) is -3.11. The third kappa shape index (κ3) is 9.82. The predicted octanol–water partition coefficient (Wildman–Crippen LogP) is 8.99. The fourth-order valence-corrected chi connectivity index (χ4v) is 10.0. The Morgan fingerprint density at radius 2 is 0.730 bits per heavy atom. The van der Waals surface area contributed by atoms with Crippen molar-refractivity contribution >= 4 is 29.5 Å². The number of benzene rings is 1. The van der Waals surface area contributed by atoms with Gasteiger partial charge in [-0.2, -0.15) is 0 Å². The van der Waals surface area contributed by atoms with E-state index in [1.807, 2.05) is 48.5 Å². The lowest BCUT2D eigenvalue weighted by molar-refractivity contribution is 0.0352.